The summed E-state index contributed by atoms with van der Waals surface area (Å²) in [4.78, 5) is 12.4. The molecule has 2 aromatic rings. The van der Waals surface area contributed by atoms with Crippen LogP contribution in [0.25, 0.3) is 10.9 Å². The van der Waals surface area contributed by atoms with Crippen LogP contribution in [0.2, 0.25) is 0 Å². The number of H-pyrrole nitrogens is 1. The summed E-state index contributed by atoms with van der Waals surface area (Å²) in [6, 6.07) is 6.39. The molecule has 0 saturated heterocycles. The molecule has 1 aliphatic heterocycles. The Morgan fingerprint density at radius 2 is 2.24 bits per heavy atom. The molecule has 0 fully saturated rings. The van der Waals surface area contributed by atoms with Crippen LogP contribution < -0.4 is 0 Å². The fourth-order valence-electron chi connectivity index (χ4n) is 2.63. The van der Waals surface area contributed by atoms with Crippen molar-refractivity contribution in [2.24, 2.45) is 9.98 Å². The normalized spacial score (nSPS) is 18.3. The summed E-state index contributed by atoms with van der Waals surface area (Å²) in [5.74, 6) is 0.724. The largest absolute Gasteiger partial charge is 0.477 e. The minimum atomic E-state index is -0.0449. The van der Waals surface area contributed by atoms with Crippen molar-refractivity contribution in [1.29, 1.82) is 0 Å². The number of hydrogen-bond acceptors (Lipinski definition) is 3. The lowest BCUT2D eigenvalue weighted by atomic mass is 10.0. The zero-order chi connectivity index (χ0) is 14.8. The summed E-state index contributed by atoms with van der Waals surface area (Å²) < 4.78 is 5.69. The molecule has 1 aliphatic rings. The highest BCUT2D eigenvalue weighted by atomic mass is 16.5. The van der Waals surface area contributed by atoms with Crippen LogP contribution in [-0.4, -0.2) is 29.7 Å². The monoisotopic (exact) mass is 283 g/mol. The Morgan fingerprint density at radius 1 is 1.38 bits per heavy atom. The van der Waals surface area contributed by atoms with Crippen LogP contribution in [0, 0.1) is 0 Å². The molecule has 1 N–H and O–H groups in total. The number of aromatic nitrogens is 1. The first-order chi connectivity index (χ1) is 10.2. The van der Waals surface area contributed by atoms with E-state index in [1.807, 2.05) is 20.1 Å². The minimum Gasteiger partial charge on any atom is -0.477 e. The Kier molecular flexibility index (Phi) is 3.78. The van der Waals surface area contributed by atoms with E-state index in [-0.39, 0.29) is 12.1 Å². The van der Waals surface area contributed by atoms with Crippen LogP contribution in [0.5, 0.6) is 0 Å². The number of benzene rings is 1. The molecule has 1 atom stereocenters. The summed E-state index contributed by atoms with van der Waals surface area (Å²) in [5, 5.41) is 1.27. The molecule has 1 aromatic heterocycles. The number of aliphatic imine (C=N–C) groups is 2. The van der Waals surface area contributed by atoms with Crippen molar-refractivity contribution in [1.82, 2.24) is 4.98 Å². The van der Waals surface area contributed by atoms with Crippen LogP contribution in [0.15, 0.2) is 34.4 Å². The Morgan fingerprint density at radius 3 is 3.00 bits per heavy atom. The summed E-state index contributed by atoms with van der Waals surface area (Å²) in [5.41, 5.74) is 3.67. The average Bonchev–Trinajstić information content (AvgIpc) is 2.89. The maximum Gasteiger partial charge on any atom is 0.206 e. The molecule has 21 heavy (non-hydrogen) atoms. The molecule has 0 spiro atoms. The SMILES string of the molecule is CCc1c[nH]c2ccc(C3C=NCC(OC(C)C)=N3)cc12. The summed E-state index contributed by atoms with van der Waals surface area (Å²) >= 11 is 0. The van der Waals surface area contributed by atoms with Gasteiger partial charge in [0, 0.05) is 23.3 Å². The van der Waals surface area contributed by atoms with Gasteiger partial charge in [-0.1, -0.05) is 13.0 Å². The predicted molar refractivity (Wildman–Crippen MR) is 87.4 cm³/mol. The first-order valence-corrected chi connectivity index (χ1v) is 7.50. The Bertz CT molecular complexity index is 697. The van der Waals surface area contributed by atoms with Crippen LogP contribution in [0.3, 0.4) is 0 Å². The van der Waals surface area contributed by atoms with Gasteiger partial charge in [-0.2, -0.15) is 0 Å². The number of ether oxygens (including phenoxy) is 1. The van der Waals surface area contributed by atoms with Crippen molar-refractivity contribution >= 4 is 23.0 Å². The summed E-state index contributed by atoms with van der Waals surface area (Å²) in [6.07, 6.45) is 5.15. The molecule has 0 aliphatic carbocycles. The molecular formula is C17H21N3O. The maximum absolute atomic E-state index is 5.69. The third kappa shape index (κ3) is 2.84. The number of aromatic amines is 1. The van der Waals surface area contributed by atoms with Crippen LogP contribution in [-0.2, 0) is 11.2 Å². The van der Waals surface area contributed by atoms with Crippen molar-refractivity contribution in [3.05, 3.63) is 35.5 Å². The van der Waals surface area contributed by atoms with Gasteiger partial charge in [0.1, 0.15) is 12.6 Å². The molecule has 1 unspecified atom stereocenters. The molecule has 4 nitrogen and oxygen atoms in total. The highest BCUT2D eigenvalue weighted by Crippen LogP contribution is 2.25. The van der Waals surface area contributed by atoms with Gasteiger partial charge in [0.2, 0.25) is 5.90 Å². The van der Waals surface area contributed by atoms with Gasteiger partial charge in [-0.3, -0.25) is 4.99 Å². The third-order valence-electron chi connectivity index (χ3n) is 3.64. The number of nitrogens with zero attached hydrogens (tertiary/aromatic N) is 2. The first kappa shape index (κ1) is 13.9. The molecule has 4 heteroatoms. The molecule has 0 saturated carbocycles. The van der Waals surface area contributed by atoms with Crippen molar-refractivity contribution in [2.45, 2.75) is 39.3 Å². The fourth-order valence-corrected chi connectivity index (χ4v) is 2.63. The molecule has 0 amide bonds. The maximum atomic E-state index is 5.69. The van der Waals surface area contributed by atoms with Crippen molar-refractivity contribution in [3.63, 3.8) is 0 Å². The van der Waals surface area contributed by atoms with E-state index in [4.69, 9.17) is 4.74 Å². The van der Waals surface area contributed by atoms with E-state index >= 15 is 0 Å². The highest BCUT2D eigenvalue weighted by Gasteiger charge is 2.16. The third-order valence-corrected chi connectivity index (χ3v) is 3.64. The number of aryl methyl sites for hydroxylation is 1. The lowest BCUT2D eigenvalue weighted by Gasteiger charge is -2.18. The molecule has 2 heterocycles. The molecular weight excluding hydrogens is 262 g/mol. The number of fused-ring (bicyclic) bond motifs is 1. The second-order valence-corrected chi connectivity index (χ2v) is 5.60. The van der Waals surface area contributed by atoms with Crippen molar-refractivity contribution < 1.29 is 4.74 Å². The van der Waals surface area contributed by atoms with Crippen molar-refractivity contribution in [3.8, 4) is 0 Å². The van der Waals surface area contributed by atoms with Crippen LogP contribution in [0.1, 0.15) is 37.9 Å². The van der Waals surface area contributed by atoms with E-state index in [0.29, 0.717) is 6.54 Å². The smallest absolute Gasteiger partial charge is 0.206 e. The predicted octanol–water partition coefficient (Wildman–Crippen LogP) is 3.68. The van der Waals surface area contributed by atoms with E-state index in [9.17, 15) is 0 Å². The minimum absolute atomic E-state index is 0.0449. The lowest BCUT2D eigenvalue weighted by molar-refractivity contribution is 0.222. The topological polar surface area (TPSA) is 49.7 Å². The second-order valence-electron chi connectivity index (χ2n) is 5.60. The van der Waals surface area contributed by atoms with Crippen LogP contribution in [0.4, 0.5) is 0 Å². The summed E-state index contributed by atoms with van der Waals surface area (Å²) in [7, 11) is 0. The average molecular weight is 283 g/mol. The van der Waals surface area contributed by atoms with Crippen molar-refractivity contribution in [2.75, 3.05) is 6.54 Å². The molecule has 1 aromatic carbocycles. The van der Waals surface area contributed by atoms with E-state index in [0.717, 1.165) is 17.9 Å². The Hall–Kier alpha value is -2.10. The Balaban J connectivity index is 1.93. The van der Waals surface area contributed by atoms with Gasteiger partial charge < -0.3 is 9.72 Å². The van der Waals surface area contributed by atoms with Gasteiger partial charge in [0.15, 0.2) is 0 Å². The fraction of sp³-hybridized carbons (Fsp3) is 0.412. The molecule has 0 radical (unpaired) electrons. The van der Waals surface area contributed by atoms with Gasteiger partial charge in [0.05, 0.1) is 6.10 Å². The zero-order valence-electron chi connectivity index (χ0n) is 12.8. The van der Waals surface area contributed by atoms with Gasteiger partial charge in [-0.15, -0.1) is 0 Å². The molecule has 0 bridgehead atoms. The lowest BCUT2D eigenvalue weighted by Crippen LogP contribution is -2.19. The van der Waals surface area contributed by atoms with E-state index in [2.05, 4.69) is 46.3 Å². The standard InChI is InChI=1S/C17H21N3O/c1-4-12-8-19-15-6-5-13(7-14(12)15)16-9-18-10-17(20-16)21-11(2)3/h5-9,11,16,19H,4,10H2,1-3H3. The van der Waals surface area contributed by atoms with E-state index in [1.165, 1.54) is 16.5 Å². The number of hydrogen-bond donors (Lipinski definition) is 1. The van der Waals surface area contributed by atoms with Gasteiger partial charge in [0.25, 0.3) is 0 Å². The molecule has 110 valence electrons. The number of rotatable bonds is 3. The first-order valence-electron chi connectivity index (χ1n) is 7.50. The van der Waals surface area contributed by atoms with Gasteiger partial charge in [-0.25, -0.2) is 4.99 Å². The Labute approximate surface area is 125 Å². The quantitative estimate of drug-likeness (QED) is 0.917. The number of nitrogens with one attached hydrogen (secondary N) is 1. The highest BCUT2D eigenvalue weighted by molar-refractivity contribution is 5.88. The summed E-state index contributed by atoms with van der Waals surface area (Å²) in [6.45, 7) is 6.73. The van der Waals surface area contributed by atoms with Gasteiger partial charge >= 0.3 is 0 Å². The second kappa shape index (κ2) is 5.72. The molecule has 3 rings (SSSR count). The van der Waals surface area contributed by atoms with Gasteiger partial charge in [-0.05, 0) is 43.5 Å². The zero-order valence-corrected chi connectivity index (χ0v) is 12.8. The van der Waals surface area contributed by atoms with Crippen LogP contribution >= 0.6 is 0 Å². The van der Waals surface area contributed by atoms with E-state index < -0.39 is 0 Å². The van der Waals surface area contributed by atoms with E-state index in [1.54, 1.807) is 0 Å².